The van der Waals surface area contributed by atoms with Crippen LogP contribution in [0.2, 0.25) is 0 Å². The number of hydrogen-bond acceptors (Lipinski definition) is 5. The number of rotatable bonds is 7. The first kappa shape index (κ1) is 18.8. The van der Waals surface area contributed by atoms with Crippen LogP contribution in [-0.2, 0) is 11.3 Å². The van der Waals surface area contributed by atoms with Crippen LogP contribution in [0.1, 0.15) is 33.4 Å². The average Bonchev–Trinajstić information content (AvgIpc) is 3.06. The van der Waals surface area contributed by atoms with E-state index in [4.69, 9.17) is 14.0 Å². The number of carbonyl (C=O) groups is 1. The van der Waals surface area contributed by atoms with Gasteiger partial charge in [-0.05, 0) is 32.0 Å². The van der Waals surface area contributed by atoms with Gasteiger partial charge in [-0.1, -0.05) is 19.0 Å². The number of aromatic nitrogens is 1. The zero-order chi connectivity index (χ0) is 18.6. The van der Waals surface area contributed by atoms with Crippen LogP contribution >= 0.6 is 0 Å². The van der Waals surface area contributed by atoms with Gasteiger partial charge < -0.3 is 18.9 Å². The van der Waals surface area contributed by atoms with E-state index in [9.17, 15) is 4.79 Å². The Morgan fingerprint density at radius 2 is 1.88 bits per heavy atom. The Kier molecular flexibility index (Phi) is 6.07. The van der Waals surface area contributed by atoms with Gasteiger partial charge in [-0.15, -0.1) is 0 Å². The second-order valence-electron chi connectivity index (χ2n) is 6.46. The van der Waals surface area contributed by atoms with Crippen molar-refractivity contribution in [1.29, 1.82) is 0 Å². The molecule has 2 aromatic rings. The van der Waals surface area contributed by atoms with E-state index in [1.54, 1.807) is 19.1 Å². The molecule has 136 valence electrons. The second kappa shape index (κ2) is 8.05. The lowest BCUT2D eigenvalue weighted by atomic mass is 10.1. The highest BCUT2D eigenvalue weighted by Crippen LogP contribution is 2.34. The zero-order valence-corrected chi connectivity index (χ0v) is 15.7. The third-order valence-electron chi connectivity index (χ3n) is 3.96. The van der Waals surface area contributed by atoms with Gasteiger partial charge >= 0.3 is 0 Å². The molecule has 0 saturated heterocycles. The molecule has 0 radical (unpaired) electrons. The van der Waals surface area contributed by atoms with Crippen LogP contribution in [0, 0.1) is 5.92 Å². The highest BCUT2D eigenvalue weighted by atomic mass is 16.5. The predicted molar refractivity (Wildman–Crippen MR) is 95.6 cm³/mol. The molecule has 2 rings (SSSR count). The number of amides is 1. The summed E-state index contributed by atoms with van der Waals surface area (Å²) in [6, 6.07) is 7.39. The molecule has 0 saturated carbocycles. The standard InChI is InChI=1S/C19H26N2O4/c1-12(2)19(22)21(13(3)4)11-14-9-18(25-20-14)16-10-15(23-5)7-8-17(16)24-6/h7-10,12-13H,11H2,1-6H3. The van der Waals surface area contributed by atoms with Crippen LogP contribution < -0.4 is 9.47 Å². The first-order valence-electron chi connectivity index (χ1n) is 8.35. The third kappa shape index (κ3) is 4.32. The smallest absolute Gasteiger partial charge is 0.225 e. The minimum Gasteiger partial charge on any atom is -0.497 e. The molecule has 0 aliphatic carbocycles. The molecule has 1 aromatic heterocycles. The van der Waals surface area contributed by atoms with Crippen LogP contribution in [0.5, 0.6) is 11.5 Å². The van der Waals surface area contributed by atoms with Gasteiger partial charge in [0.2, 0.25) is 5.91 Å². The molecule has 6 heteroatoms. The van der Waals surface area contributed by atoms with Crippen LogP contribution in [0.15, 0.2) is 28.8 Å². The molecule has 0 bridgehead atoms. The molecule has 0 N–H and O–H groups in total. The van der Waals surface area contributed by atoms with Gasteiger partial charge in [0, 0.05) is 18.0 Å². The number of methoxy groups -OCH3 is 2. The first-order valence-corrected chi connectivity index (χ1v) is 8.35. The van der Waals surface area contributed by atoms with Crippen molar-refractivity contribution in [1.82, 2.24) is 10.1 Å². The largest absolute Gasteiger partial charge is 0.497 e. The molecular weight excluding hydrogens is 320 g/mol. The van der Waals surface area contributed by atoms with Crippen LogP contribution in [0.25, 0.3) is 11.3 Å². The van der Waals surface area contributed by atoms with Crippen molar-refractivity contribution in [2.24, 2.45) is 5.92 Å². The normalized spacial score (nSPS) is 11.0. The molecule has 1 amide bonds. The average molecular weight is 346 g/mol. The van der Waals surface area contributed by atoms with Crippen molar-refractivity contribution in [3.05, 3.63) is 30.0 Å². The fraction of sp³-hybridized carbons (Fsp3) is 0.474. The van der Waals surface area contributed by atoms with E-state index >= 15 is 0 Å². The highest BCUT2D eigenvalue weighted by Gasteiger charge is 2.22. The van der Waals surface area contributed by atoms with Gasteiger partial charge in [-0.25, -0.2) is 0 Å². The van der Waals surface area contributed by atoms with Crippen LogP contribution in [-0.4, -0.2) is 36.2 Å². The molecule has 0 aliphatic rings. The van der Waals surface area contributed by atoms with E-state index in [1.165, 1.54) is 0 Å². The summed E-state index contributed by atoms with van der Waals surface area (Å²) in [5.41, 5.74) is 1.45. The summed E-state index contributed by atoms with van der Waals surface area (Å²) >= 11 is 0. The lowest BCUT2D eigenvalue weighted by Gasteiger charge is -2.27. The van der Waals surface area contributed by atoms with Crippen molar-refractivity contribution in [2.45, 2.75) is 40.3 Å². The van der Waals surface area contributed by atoms with Crippen molar-refractivity contribution in [2.75, 3.05) is 14.2 Å². The maximum atomic E-state index is 12.4. The summed E-state index contributed by atoms with van der Waals surface area (Å²) in [4.78, 5) is 14.2. The second-order valence-corrected chi connectivity index (χ2v) is 6.46. The van der Waals surface area contributed by atoms with Crippen molar-refractivity contribution < 1.29 is 18.8 Å². The number of ether oxygens (including phenoxy) is 2. The van der Waals surface area contributed by atoms with Crippen LogP contribution in [0.3, 0.4) is 0 Å². The zero-order valence-electron chi connectivity index (χ0n) is 15.7. The van der Waals surface area contributed by atoms with Gasteiger partial charge in [0.1, 0.15) is 17.2 Å². The Hall–Kier alpha value is -2.50. The lowest BCUT2D eigenvalue weighted by molar-refractivity contribution is -0.136. The summed E-state index contributed by atoms with van der Waals surface area (Å²) in [6.45, 7) is 8.18. The molecule has 1 heterocycles. The van der Waals surface area contributed by atoms with Crippen molar-refractivity contribution in [3.8, 4) is 22.8 Å². The van der Waals surface area contributed by atoms with Gasteiger partial charge in [-0.3, -0.25) is 4.79 Å². The first-order chi connectivity index (χ1) is 11.9. The quantitative estimate of drug-likeness (QED) is 0.764. The Bertz CT molecular complexity index is 722. The third-order valence-corrected chi connectivity index (χ3v) is 3.96. The van der Waals surface area contributed by atoms with E-state index in [1.807, 2.05) is 52.0 Å². The SMILES string of the molecule is COc1ccc(OC)c(-c2cc(CN(C(=O)C(C)C)C(C)C)no2)c1. The highest BCUT2D eigenvalue weighted by molar-refractivity contribution is 5.78. The fourth-order valence-electron chi connectivity index (χ4n) is 2.54. The van der Waals surface area contributed by atoms with Gasteiger partial charge in [0.15, 0.2) is 5.76 Å². The monoisotopic (exact) mass is 346 g/mol. The minimum absolute atomic E-state index is 0.0627. The molecule has 0 aliphatic heterocycles. The van der Waals surface area contributed by atoms with E-state index < -0.39 is 0 Å². The predicted octanol–water partition coefficient (Wildman–Crippen LogP) is 3.75. The summed E-state index contributed by atoms with van der Waals surface area (Å²) in [5.74, 6) is 1.98. The minimum atomic E-state index is -0.0627. The van der Waals surface area contributed by atoms with Crippen LogP contribution in [0.4, 0.5) is 0 Å². The Labute approximate surface area is 148 Å². The molecule has 0 spiro atoms. The maximum absolute atomic E-state index is 12.4. The number of nitrogens with zero attached hydrogens (tertiary/aromatic N) is 2. The van der Waals surface area contributed by atoms with Crippen molar-refractivity contribution in [3.63, 3.8) is 0 Å². The summed E-state index contributed by atoms with van der Waals surface area (Å²) in [6.07, 6.45) is 0. The number of hydrogen-bond donors (Lipinski definition) is 0. The van der Waals surface area contributed by atoms with Gasteiger partial charge in [0.25, 0.3) is 0 Å². The van der Waals surface area contributed by atoms with E-state index in [0.717, 1.165) is 5.56 Å². The lowest BCUT2D eigenvalue weighted by Crippen LogP contribution is -2.39. The Balaban J connectivity index is 2.29. The van der Waals surface area contributed by atoms with Crippen molar-refractivity contribution >= 4 is 5.91 Å². The van der Waals surface area contributed by atoms with E-state index in [-0.39, 0.29) is 17.9 Å². The van der Waals surface area contributed by atoms with E-state index in [2.05, 4.69) is 5.16 Å². The van der Waals surface area contributed by atoms with Gasteiger partial charge in [0.05, 0.1) is 26.3 Å². The molecule has 0 fully saturated rings. The number of carbonyl (C=O) groups excluding carboxylic acids is 1. The Morgan fingerprint density at radius 3 is 2.44 bits per heavy atom. The molecule has 1 aromatic carbocycles. The number of benzene rings is 1. The fourth-order valence-corrected chi connectivity index (χ4v) is 2.54. The van der Waals surface area contributed by atoms with Gasteiger partial charge in [-0.2, -0.15) is 0 Å². The van der Waals surface area contributed by atoms with E-state index in [0.29, 0.717) is 29.5 Å². The molecule has 0 atom stereocenters. The maximum Gasteiger partial charge on any atom is 0.225 e. The molecule has 0 unspecified atom stereocenters. The molecule has 25 heavy (non-hydrogen) atoms. The molecular formula is C19H26N2O4. The molecule has 6 nitrogen and oxygen atoms in total. The topological polar surface area (TPSA) is 64.8 Å². The summed E-state index contributed by atoms with van der Waals surface area (Å²) in [7, 11) is 3.21. The summed E-state index contributed by atoms with van der Waals surface area (Å²) in [5, 5.41) is 4.12. The summed E-state index contributed by atoms with van der Waals surface area (Å²) < 4.78 is 16.1. The Morgan fingerprint density at radius 1 is 1.16 bits per heavy atom.